The molecule has 0 aliphatic carbocycles. The summed E-state index contributed by atoms with van der Waals surface area (Å²) in [4.78, 5) is 36.5. The van der Waals surface area contributed by atoms with E-state index < -0.39 is 17.9 Å². The van der Waals surface area contributed by atoms with E-state index in [1.807, 2.05) is 0 Å². The van der Waals surface area contributed by atoms with Crippen LogP contribution in [0.5, 0.6) is 0 Å². The molecule has 0 bridgehead atoms. The summed E-state index contributed by atoms with van der Waals surface area (Å²) in [6, 6.07) is 2.04. The molecule has 8 heteroatoms. The second-order valence-electron chi connectivity index (χ2n) is 4.72. The Hall–Kier alpha value is -1.79. The van der Waals surface area contributed by atoms with Gasteiger partial charge in [0, 0.05) is 19.2 Å². The maximum atomic E-state index is 12.2. The SMILES string of the molecule is CN1C(=O)CCC(NC(=O)c2cc(N)cc(Cl)c2Cl)C1=O. The molecule has 0 saturated carbocycles. The molecule has 3 N–H and O–H groups in total. The van der Waals surface area contributed by atoms with Crippen molar-refractivity contribution >= 4 is 46.6 Å². The number of amides is 3. The average molecular weight is 330 g/mol. The van der Waals surface area contributed by atoms with Crippen molar-refractivity contribution in [3.05, 3.63) is 27.7 Å². The molecule has 3 amide bonds. The van der Waals surface area contributed by atoms with E-state index in [0.29, 0.717) is 0 Å². The van der Waals surface area contributed by atoms with E-state index in [9.17, 15) is 14.4 Å². The molecule has 1 aliphatic heterocycles. The smallest absolute Gasteiger partial charge is 0.253 e. The Morgan fingerprint density at radius 1 is 1.38 bits per heavy atom. The quantitative estimate of drug-likeness (QED) is 0.634. The predicted octanol–water partition coefficient (Wildman–Crippen LogP) is 1.45. The van der Waals surface area contributed by atoms with Crippen LogP contribution in [0.15, 0.2) is 12.1 Å². The Morgan fingerprint density at radius 2 is 2.05 bits per heavy atom. The van der Waals surface area contributed by atoms with Crippen LogP contribution in [0.1, 0.15) is 23.2 Å². The summed E-state index contributed by atoms with van der Waals surface area (Å²) in [5.41, 5.74) is 6.00. The van der Waals surface area contributed by atoms with Gasteiger partial charge in [-0.15, -0.1) is 0 Å². The molecule has 1 saturated heterocycles. The van der Waals surface area contributed by atoms with Gasteiger partial charge in [-0.05, 0) is 18.6 Å². The van der Waals surface area contributed by atoms with Crippen molar-refractivity contribution in [2.75, 3.05) is 12.8 Å². The number of carbonyl (C=O) groups excluding carboxylic acids is 3. The highest BCUT2D eigenvalue weighted by atomic mass is 35.5. The molecular weight excluding hydrogens is 317 g/mol. The third kappa shape index (κ3) is 3.11. The Kier molecular flexibility index (Phi) is 4.39. The minimum atomic E-state index is -0.767. The van der Waals surface area contributed by atoms with Gasteiger partial charge in [-0.2, -0.15) is 0 Å². The van der Waals surface area contributed by atoms with Crippen LogP contribution in [0.3, 0.4) is 0 Å². The predicted molar refractivity (Wildman–Crippen MR) is 79.1 cm³/mol. The fourth-order valence-corrected chi connectivity index (χ4v) is 2.48. The van der Waals surface area contributed by atoms with Crippen LogP contribution in [0.4, 0.5) is 5.69 Å². The van der Waals surface area contributed by atoms with Crippen LogP contribution in [0, 0.1) is 0 Å². The Balaban J connectivity index is 2.19. The number of imide groups is 1. The van der Waals surface area contributed by atoms with Gasteiger partial charge in [0.2, 0.25) is 5.91 Å². The number of piperidine rings is 1. The van der Waals surface area contributed by atoms with Gasteiger partial charge in [0.25, 0.3) is 11.8 Å². The van der Waals surface area contributed by atoms with Gasteiger partial charge in [-0.1, -0.05) is 23.2 Å². The molecule has 1 fully saturated rings. The Bertz CT molecular complexity index is 633. The van der Waals surface area contributed by atoms with Gasteiger partial charge in [0.05, 0.1) is 15.6 Å². The lowest BCUT2D eigenvalue weighted by Crippen LogP contribution is -2.52. The molecular formula is C13H13Cl2N3O3. The van der Waals surface area contributed by atoms with Crippen LogP contribution in [0.25, 0.3) is 0 Å². The summed E-state index contributed by atoms with van der Waals surface area (Å²) in [6.07, 6.45) is 0.444. The average Bonchev–Trinajstić information content (AvgIpc) is 2.43. The molecule has 1 aromatic carbocycles. The molecule has 2 rings (SSSR count). The standard InChI is InChI=1S/C13H13Cl2N3O3/c1-18-10(19)3-2-9(13(18)21)17-12(20)7-4-6(16)5-8(14)11(7)15/h4-5,9H,2-3,16H2,1H3,(H,17,20). The van der Waals surface area contributed by atoms with E-state index in [-0.39, 0.29) is 40.0 Å². The van der Waals surface area contributed by atoms with Crippen LogP contribution < -0.4 is 11.1 Å². The topological polar surface area (TPSA) is 92.5 Å². The number of likely N-dealkylation sites (N-methyl/N-ethyl adjacent to an activating group) is 1. The lowest BCUT2D eigenvalue weighted by atomic mass is 10.0. The number of carbonyl (C=O) groups is 3. The number of nitrogens with one attached hydrogen (secondary N) is 1. The number of halogens is 2. The van der Waals surface area contributed by atoms with Crippen molar-refractivity contribution < 1.29 is 14.4 Å². The summed E-state index contributed by atoms with van der Waals surface area (Å²) in [5, 5.41) is 2.77. The zero-order valence-corrected chi connectivity index (χ0v) is 12.7. The first-order valence-electron chi connectivity index (χ1n) is 6.17. The Labute approximate surface area is 131 Å². The molecule has 0 radical (unpaired) electrons. The number of rotatable bonds is 2. The van der Waals surface area contributed by atoms with Crippen molar-refractivity contribution in [1.29, 1.82) is 0 Å². The number of anilines is 1. The summed E-state index contributed by atoms with van der Waals surface area (Å²) < 4.78 is 0. The van der Waals surface area contributed by atoms with E-state index in [1.54, 1.807) is 0 Å². The van der Waals surface area contributed by atoms with Gasteiger partial charge < -0.3 is 11.1 Å². The molecule has 1 aromatic rings. The summed E-state index contributed by atoms with van der Waals surface area (Å²) in [7, 11) is 1.38. The van der Waals surface area contributed by atoms with Gasteiger partial charge in [-0.3, -0.25) is 19.3 Å². The van der Waals surface area contributed by atoms with E-state index in [0.717, 1.165) is 4.90 Å². The largest absolute Gasteiger partial charge is 0.399 e. The highest BCUT2D eigenvalue weighted by Gasteiger charge is 2.33. The molecule has 1 aliphatic rings. The monoisotopic (exact) mass is 329 g/mol. The lowest BCUT2D eigenvalue weighted by molar-refractivity contribution is -0.147. The number of nitrogens with two attached hydrogens (primary N) is 1. The lowest BCUT2D eigenvalue weighted by Gasteiger charge is -2.28. The maximum absolute atomic E-state index is 12.2. The van der Waals surface area contributed by atoms with E-state index in [2.05, 4.69) is 5.32 Å². The van der Waals surface area contributed by atoms with Gasteiger partial charge in [0.1, 0.15) is 6.04 Å². The van der Waals surface area contributed by atoms with Crippen LogP contribution in [0.2, 0.25) is 10.0 Å². The minimum Gasteiger partial charge on any atom is -0.399 e. The number of benzene rings is 1. The highest BCUT2D eigenvalue weighted by Crippen LogP contribution is 2.29. The first-order valence-corrected chi connectivity index (χ1v) is 6.92. The number of hydrogen-bond donors (Lipinski definition) is 2. The number of likely N-dealkylation sites (tertiary alicyclic amines) is 1. The summed E-state index contributed by atoms with van der Waals surface area (Å²) in [5.74, 6) is -1.28. The molecule has 1 unspecified atom stereocenters. The van der Waals surface area contributed by atoms with Crippen molar-refractivity contribution in [2.45, 2.75) is 18.9 Å². The second-order valence-corrected chi connectivity index (χ2v) is 5.51. The van der Waals surface area contributed by atoms with Crippen LogP contribution >= 0.6 is 23.2 Å². The number of hydrogen-bond acceptors (Lipinski definition) is 4. The molecule has 1 heterocycles. The number of nitrogens with zero attached hydrogens (tertiary/aromatic N) is 1. The van der Waals surface area contributed by atoms with Crippen molar-refractivity contribution in [3.8, 4) is 0 Å². The van der Waals surface area contributed by atoms with Crippen LogP contribution in [-0.4, -0.2) is 35.7 Å². The maximum Gasteiger partial charge on any atom is 0.253 e. The zero-order chi connectivity index (χ0) is 15.7. The van der Waals surface area contributed by atoms with Gasteiger partial charge in [0.15, 0.2) is 0 Å². The molecule has 1 atom stereocenters. The summed E-state index contributed by atoms with van der Waals surface area (Å²) in [6.45, 7) is 0. The Morgan fingerprint density at radius 3 is 2.71 bits per heavy atom. The number of nitrogen functional groups attached to an aromatic ring is 1. The normalized spacial score (nSPS) is 18.8. The molecule has 112 valence electrons. The molecule has 0 spiro atoms. The minimum absolute atomic E-state index is 0.0658. The zero-order valence-electron chi connectivity index (χ0n) is 11.2. The third-order valence-corrected chi connectivity index (χ3v) is 4.05. The van der Waals surface area contributed by atoms with Crippen molar-refractivity contribution in [1.82, 2.24) is 10.2 Å². The van der Waals surface area contributed by atoms with E-state index >= 15 is 0 Å². The van der Waals surface area contributed by atoms with Crippen LogP contribution in [-0.2, 0) is 9.59 Å². The fraction of sp³-hybridized carbons (Fsp3) is 0.308. The highest BCUT2D eigenvalue weighted by molar-refractivity contribution is 6.44. The van der Waals surface area contributed by atoms with Gasteiger partial charge in [-0.25, -0.2) is 0 Å². The molecule has 21 heavy (non-hydrogen) atoms. The summed E-state index contributed by atoms with van der Waals surface area (Å²) >= 11 is 11.8. The first kappa shape index (κ1) is 15.6. The third-order valence-electron chi connectivity index (χ3n) is 3.25. The molecule has 6 nitrogen and oxygen atoms in total. The second kappa shape index (κ2) is 5.91. The van der Waals surface area contributed by atoms with E-state index in [1.165, 1.54) is 19.2 Å². The van der Waals surface area contributed by atoms with E-state index in [4.69, 9.17) is 28.9 Å². The van der Waals surface area contributed by atoms with Gasteiger partial charge >= 0.3 is 0 Å². The fourth-order valence-electron chi connectivity index (χ4n) is 2.06. The van der Waals surface area contributed by atoms with Crippen molar-refractivity contribution in [3.63, 3.8) is 0 Å². The first-order chi connectivity index (χ1) is 9.81. The molecule has 0 aromatic heterocycles. The van der Waals surface area contributed by atoms with Crippen molar-refractivity contribution in [2.24, 2.45) is 0 Å².